The maximum atomic E-state index is 5.23. The highest BCUT2D eigenvalue weighted by Gasteiger charge is 2.24. The van der Waals surface area contributed by atoms with Crippen LogP contribution < -0.4 is 0 Å². The van der Waals surface area contributed by atoms with Crippen molar-refractivity contribution in [2.75, 3.05) is 0 Å². The van der Waals surface area contributed by atoms with Gasteiger partial charge in [-0.25, -0.2) is 15.0 Å². The second-order valence-electron chi connectivity index (χ2n) is 10.6. The van der Waals surface area contributed by atoms with E-state index >= 15 is 0 Å². The second kappa shape index (κ2) is 9.79. The molecule has 8 rings (SSSR count). The number of aryl methyl sites for hydroxylation is 1. The molecule has 5 aromatic carbocycles. The summed E-state index contributed by atoms with van der Waals surface area (Å²) in [5, 5.41) is 2.28. The van der Waals surface area contributed by atoms with Gasteiger partial charge in [-0.1, -0.05) is 115 Å². The Morgan fingerprint density at radius 1 is 0.476 bits per heavy atom. The lowest BCUT2D eigenvalue weighted by atomic mass is 9.97. The Bertz CT molecular complexity index is 2130. The van der Waals surface area contributed by atoms with E-state index in [2.05, 4.69) is 109 Å². The van der Waals surface area contributed by atoms with Gasteiger partial charge in [0.2, 0.25) is 5.95 Å². The molecule has 198 valence electrons. The number of aromatic nitrogens is 4. The highest BCUT2D eigenvalue weighted by Crippen LogP contribution is 2.41. The summed E-state index contributed by atoms with van der Waals surface area (Å²) in [5.41, 5.74) is 10.5. The minimum atomic E-state index is 0.600. The number of pyridine rings is 1. The molecule has 2 aliphatic rings. The first-order chi connectivity index (χ1) is 20.7. The Labute approximate surface area is 244 Å². The standard InChI is InChI=1S/C38H26N4/c1-25-30-19-11-12-20-35(30)42(37-36(25)31-23-29(21-22-32(31)39-37)26-13-5-2-6-14-26)38-40-33(27-15-7-3-8-16-27)24-34(41-38)28-17-9-4-10-18-28/h2-24H,1H3. The summed E-state index contributed by atoms with van der Waals surface area (Å²) in [6, 6.07) is 48.2. The summed E-state index contributed by atoms with van der Waals surface area (Å²) < 4.78 is 2.14. The van der Waals surface area contributed by atoms with Crippen LogP contribution in [0.2, 0.25) is 0 Å². The lowest BCUT2D eigenvalue weighted by molar-refractivity contribution is 0.946. The van der Waals surface area contributed by atoms with E-state index in [1.54, 1.807) is 0 Å². The first kappa shape index (κ1) is 24.2. The maximum absolute atomic E-state index is 5.23. The van der Waals surface area contributed by atoms with E-state index in [1.807, 2.05) is 42.5 Å². The molecule has 0 unspecified atom stereocenters. The third kappa shape index (κ3) is 3.96. The van der Waals surface area contributed by atoms with E-state index in [9.17, 15) is 0 Å². The molecule has 3 heterocycles. The minimum absolute atomic E-state index is 0.600. The van der Waals surface area contributed by atoms with Gasteiger partial charge >= 0.3 is 0 Å². The van der Waals surface area contributed by atoms with Gasteiger partial charge in [-0.2, -0.15) is 0 Å². The minimum Gasteiger partial charge on any atom is -0.262 e. The van der Waals surface area contributed by atoms with Crippen LogP contribution in [0.4, 0.5) is 0 Å². The number of benzene rings is 5. The van der Waals surface area contributed by atoms with Crippen molar-refractivity contribution in [3.8, 4) is 51.0 Å². The van der Waals surface area contributed by atoms with Gasteiger partial charge < -0.3 is 0 Å². The van der Waals surface area contributed by atoms with Crippen molar-refractivity contribution >= 4 is 21.8 Å². The summed E-state index contributed by atoms with van der Waals surface area (Å²) in [4.78, 5) is 15.6. The van der Waals surface area contributed by atoms with Crippen molar-refractivity contribution in [1.29, 1.82) is 0 Å². The molecule has 0 aliphatic carbocycles. The topological polar surface area (TPSA) is 43.6 Å². The molecular weight excluding hydrogens is 512 g/mol. The monoisotopic (exact) mass is 538 g/mol. The molecule has 42 heavy (non-hydrogen) atoms. The zero-order valence-electron chi connectivity index (χ0n) is 23.1. The van der Waals surface area contributed by atoms with Crippen molar-refractivity contribution in [1.82, 2.24) is 19.5 Å². The van der Waals surface area contributed by atoms with Crippen LogP contribution in [-0.2, 0) is 0 Å². The quantitative estimate of drug-likeness (QED) is 0.224. The number of hydrogen-bond donors (Lipinski definition) is 0. The Hall–Kier alpha value is -5.61. The number of nitrogens with zero attached hydrogens (tertiary/aromatic N) is 4. The highest BCUT2D eigenvalue weighted by atomic mass is 15.2. The van der Waals surface area contributed by atoms with Gasteiger partial charge in [0, 0.05) is 27.5 Å². The summed E-state index contributed by atoms with van der Waals surface area (Å²) in [6.07, 6.45) is 0. The van der Waals surface area contributed by atoms with Crippen molar-refractivity contribution < 1.29 is 0 Å². The predicted octanol–water partition coefficient (Wildman–Crippen LogP) is 9.38. The van der Waals surface area contributed by atoms with Crippen molar-refractivity contribution in [2.24, 2.45) is 0 Å². The van der Waals surface area contributed by atoms with Gasteiger partial charge in [-0.3, -0.25) is 4.57 Å². The zero-order chi connectivity index (χ0) is 28.0. The van der Waals surface area contributed by atoms with Crippen LogP contribution in [0, 0.1) is 6.92 Å². The molecule has 1 aromatic heterocycles. The molecule has 0 N–H and O–H groups in total. The molecule has 4 heteroatoms. The number of rotatable bonds is 4. The van der Waals surface area contributed by atoms with E-state index in [4.69, 9.17) is 15.0 Å². The Balaban J connectivity index is 1.45. The predicted molar refractivity (Wildman–Crippen MR) is 172 cm³/mol. The second-order valence-corrected chi connectivity index (χ2v) is 10.6. The Kier molecular flexibility index (Phi) is 5.64. The lowest BCUT2D eigenvalue weighted by Crippen LogP contribution is -2.10. The maximum Gasteiger partial charge on any atom is 0.237 e. The summed E-state index contributed by atoms with van der Waals surface area (Å²) in [7, 11) is 0. The number of para-hydroxylation sites is 1. The SMILES string of the molecule is Cc1c2c3cc(-c4ccccc4)ccc3nc-2n(-c2nc(-c3ccccc3)cc(-c3ccccc3)n2)c2ccccc12. The van der Waals surface area contributed by atoms with E-state index in [1.165, 1.54) is 16.7 Å². The van der Waals surface area contributed by atoms with Crippen LogP contribution in [0.5, 0.6) is 0 Å². The molecule has 0 fully saturated rings. The summed E-state index contributed by atoms with van der Waals surface area (Å²) >= 11 is 0. The molecule has 2 aliphatic heterocycles. The van der Waals surface area contributed by atoms with Crippen LogP contribution in [0.25, 0.3) is 72.8 Å². The fourth-order valence-corrected chi connectivity index (χ4v) is 5.95. The van der Waals surface area contributed by atoms with Gasteiger partial charge in [0.1, 0.15) is 5.82 Å². The van der Waals surface area contributed by atoms with Gasteiger partial charge in [0.05, 0.1) is 22.4 Å². The lowest BCUT2D eigenvalue weighted by Gasteiger charge is -2.19. The average Bonchev–Trinajstić information content (AvgIpc) is 3.45. The third-order valence-electron chi connectivity index (χ3n) is 8.01. The normalized spacial score (nSPS) is 11.5. The Morgan fingerprint density at radius 3 is 1.69 bits per heavy atom. The first-order valence-electron chi connectivity index (χ1n) is 14.1. The highest BCUT2D eigenvalue weighted by molar-refractivity contribution is 6.05. The third-order valence-corrected chi connectivity index (χ3v) is 8.01. The number of fused-ring (bicyclic) bond motifs is 4. The smallest absolute Gasteiger partial charge is 0.237 e. The first-order valence-corrected chi connectivity index (χ1v) is 14.1. The van der Waals surface area contributed by atoms with Crippen LogP contribution in [0.3, 0.4) is 0 Å². The van der Waals surface area contributed by atoms with Crippen LogP contribution in [0.1, 0.15) is 5.56 Å². The average molecular weight is 539 g/mol. The molecule has 0 bridgehead atoms. The van der Waals surface area contributed by atoms with Crippen LogP contribution in [-0.4, -0.2) is 19.5 Å². The van der Waals surface area contributed by atoms with Gasteiger partial charge in [-0.05, 0) is 47.9 Å². The van der Waals surface area contributed by atoms with E-state index < -0.39 is 0 Å². The van der Waals surface area contributed by atoms with E-state index in [0.717, 1.165) is 55.7 Å². The summed E-state index contributed by atoms with van der Waals surface area (Å²) in [5.74, 6) is 1.46. The molecule has 0 spiro atoms. The van der Waals surface area contributed by atoms with Gasteiger partial charge in [0.25, 0.3) is 0 Å². The largest absolute Gasteiger partial charge is 0.262 e. The number of hydrogen-bond acceptors (Lipinski definition) is 3. The van der Waals surface area contributed by atoms with Crippen molar-refractivity contribution in [3.63, 3.8) is 0 Å². The molecule has 0 saturated heterocycles. The van der Waals surface area contributed by atoms with Crippen molar-refractivity contribution in [3.05, 3.63) is 145 Å². The van der Waals surface area contributed by atoms with Gasteiger partial charge in [0.15, 0.2) is 0 Å². The molecular formula is C38H26N4. The molecule has 6 aromatic rings. The van der Waals surface area contributed by atoms with Crippen LogP contribution in [0.15, 0.2) is 140 Å². The molecule has 0 saturated carbocycles. The Morgan fingerprint density at radius 2 is 1.05 bits per heavy atom. The molecule has 0 amide bonds. The summed E-state index contributed by atoms with van der Waals surface area (Å²) in [6.45, 7) is 2.20. The zero-order valence-corrected chi connectivity index (χ0v) is 23.1. The van der Waals surface area contributed by atoms with Crippen LogP contribution >= 0.6 is 0 Å². The molecule has 0 atom stereocenters. The molecule has 4 nitrogen and oxygen atoms in total. The fraction of sp³-hybridized carbons (Fsp3) is 0.0263. The molecule has 0 radical (unpaired) electrons. The fourth-order valence-electron chi connectivity index (χ4n) is 5.95. The van der Waals surface area contributed by atoms with E-state index in [-0.39, 0.29) is 0 Å². The van der Waals surface area contributed by atoms with Crippen molar-refractivity contribution in [2.45, 2.75) is 6.92 Å². The van der Waals surface area contributed by atoms with Gasteiger partial charge in [-0.15, -0.1) is 0 Å². The van der Waals surface area contributed by atoms with E-state index in [0.29, 0.717) is 5.95 Å².